The molecule has 0 saturated heterocycles. The predicted octanol–water partition coefficient (Wildman–Crippen LogP) is 0.927. The van der Waals surface area contributed by atoms with Gasteiger partial charge >= 0.3 is 0 Å². The first kappa shape index (κ1) is 8.94. The molecular weight excluding hydrogens is 150 g/mol. The molecule has 1 aromatic carbocycles. The fourth-order valence-electron chi connectivity index (χ4n) is 1.05. The van der Waals surface area contributed by atoms with Gasteiger partial charge < -0.3 is 5.32 Å². The molecule has 0 bridgehead atoms. The summed E-state index contributed by atoms with van der Waals surface area (Å²) in [6, 6.07) is 9.71. The molecule has 0 aliphatic heterocycles. The maximum absolute atomic E-state index is 10.4. The highest BCUT2D eigenvalue weighted by atomic mass is 16.1. The zero-order valence-corrected chi connectivity index (χ0v) is 7.08. The summed E-state index contributed by atoms with van der Waals surface area (Å²) in [6.07, 6.45) is 2.65. The lowest BCUT2D eigenvalue weighted by Crippen LogP contribution is -2.28. The summed E-state index contributed by atoms with van der Waals surface area (Å²) in [5.74, 6) is 0. The van der Waals surface area contributed by atoms with Crippen LogP contribution in [0.25, 0.3) is 0 Å². The van der Waals surface area contributed by atoms with Crippen LogP contribution in [0, 0.1) is 0 Å². The maximum atomic E-state index is 10.4. The topological polar surface area (TPSA) is 29.1 Å². The molecule has 12 heavy (non-hydrogen) atoms. The Labute approximate surface area is 72.6 Å². The van der Waals surface area contributed by atoms with E-state index in [1.165, 1.54) is 0 Å². The van der Waals surface area contributed by atoms with E-state index in [-0.39, 0.29) is 6.04 Å². The molecule has 1 radical (unpaired) electrons. The molecular formula is C10H12NO. The summed E-state index contributed by atoms with van der Waals surface area (Å²) >= 11 is 0. The number of hydrogen-bond acceptors (Lipinski definition) is 2. The third-order valence-electron chi connectivity index (χ3n) is 1.77. The Morgan fingerprint density at radius 1 is 1.42 bits per heavy atom. The van der Waals surface area contributed by atoms with E-state index in [0.29, 0.717) is 6.42 Å². The Morgan fingerprint density at radius 3 is 2.58 bits per heavy atom. The summed E-state index contributed by atoms with van der Waals surface area (Å²) in [6.45, 7) is 0. The number of nitrogens with one attached hydrogen (secondary N) is 1. The van der Waals surface area contributed by atoms with Crippen molar-refractivity contribution < 1.29 is 4.79 Å². The molecule has 0 saturated carbocycles. The Bertz CT molecular complexity index is 233. The normalized spacial score (nSPS) is 12.4. The van der Waals surface area contributed by atoms with Crippen LogP contribution in [-0.2, 0) is 11.2 Å². The average molecular weight is 162 g/mol. The molecule has 1 atom stereocenters. The fraction of sp³-hybridized carbons (Fsp3) is 0.300. The zero-order chi connectivity index (χ0) is 8.81. The predicted molar refractivity (Wildman–Crippen MR) is 48.7 cm³/mol. The molecule has 2 nitrogen and oxygen atoms in total. The van der Waals surface area contributed by atoms with Gasteiger partial charge in [0.05, 0.1) is 6.04 Å². The smallest absolute Gasteiger partial charge is 0.217 e. The summed E-state index contributed by atoms with van der Waals surface area (Å²) in [7, 11) is 1.76. The summed E-state index contributed by atoms with van der Waals surface area (Å²) in [4.78, 5) is 10.4. The lowest BCUT2D eigenvalue weighted by molar-refractivity contribution is 0.526. The largest absolute Gasteiger partial charge is 0.310 e. The summed E-state index contributed by atoms with van der Waals surface area (Å²) in [5, 5.41) is 2.88. The second-order valence-electron chi connectivity index (χ2n) is 2.65. The lowest BCUT2D eigenvalue weighted by atomic mass is 10.1. The van der Waals surface area contributed by atoms with Crippen molar-refractivity contribution in [1.29, 1.82) is 0 Å². The van der Waals surface area contributed by atoms with Crippen LogP contribution in [0.2, 0.25) is 0 Å². The van der Waals surface area contributed by atoms with Gasteiger partial charge in [-0.2, -0.15) is 0 Å². The molecule has 0 fully saturated rings. The van der Waals surface area contributed by atoms with Crippen molar-refractivity contribution in [1.82, 2.24) is 5.32 Å². The van der Waals surface area contributed by atoms with Crippen LogP contribution in [0.4, 0.5) is 0 Å². The highest BCUT2D eigenvalue weighted by molar-refractivity contribution is 5.59. The van der Waals surface area contributed by atoms with Crippen LogP contribution in [0.3, 0.4) is 0 Å². The van der Waals surface area contributed by atoms with E-state index >= 15 is 0 Å². The van der Waals surface area contributed by atoms with Crippen molar-refractivity contribution in [2.24, 2.45) is 0 Å². The number of hydrogen-bond donors (Lipinski definition) is 1. The molecule has 63 valence electrons. The molecule has 0 heterocycles. The van der Waals surface area contributed by atoms with Crippen molar-refractivity contribution in [2.75, 3.05) is 7.05 Å². The van der Waals surface area contributed by atoms with E-state index in [2.05, 4.69) is 5.32 Å². The molecule has 0 aliphatic rings. The highest BCUT2D eigenvalue weighted by Crippen LogP contribution is 2.01. The van der Waals surface area contributed by atoms with E-state index in [4.69, 9.17) is 0 Å². The van der Waals surface area contributed by atoms with E-state index in [1.807, 2.05) is 36.6 Å². The van der Waals surface area contributed by atoms with Crippen molar-refractivity contribution >= 4 is 6.29 Å². The molecule has 0 amide bonds. The van der Waals surface area contributed by atoms with E-state index in [1.54, 1.807) is 7.05 Å². The zero-order valence-electron chi connectivity index (χ0n) is 7.08. The third-order valence-corrected chi connectivity index (χ3v) is 1.77. The van der Waals surface area contributed by atoms with E-state index in [9.17, 15) is 4.79 Å². The first-order valence-corrected chi connectivity index (χ1v) is 3.95. The van der Waals surface area contributed by atoms with Crippen LogP contribution < -0.4 is 5.32 Å². The minimum Gasteiger partial charge on any atom is -0.310 e. The van der Waals surface area contributed by atoms with Gasteiger partial charge in [-0.05, 0) is 19.0 Å². The lowest BCUT2D eigenvalue weighted by Gasteiger charge is -2.06. The first-order valence-electron chi connectivity index (χ1n) is 3.95. The minimum atomic E-state index is -0.188. The fourth-order valence-corrected chi connectivity index (χ4v) is 1.05. The molecule has 0 spiro atoms. The number of carbonyl (C=O) groups excluding carboxylic acids is 1. The molecule has 1 N–H and O–H groups in total. The number of benzene rings is 1. The van der Waals surface area contributed by atoms with Gasteiger partial charge in [0.25, 0.3) is 0 Å². The maximum Gasteiger partial charge on any atom is 0.217 e. The van der Waals surface area contributed by atoms with Crippen LogP contribution in [0.15, 0.2) is 30.3 Å². The van der Waals surface area contributed by atoms with Crippen molar-refractivity contribution in [3.8, 4) is 0 Å². The van der Waals surface area contributed by atoms with Gasteiger partial charge in [-0.25, -0.2) is 0 Å². The Hall–Kier alpha value is -1.15. The van der Waals surface area contributed by atoms with Crippen molar-refractivity contribution in [2.45, 2.75) is 12.5 Å². The van der Waals surface area contributed by atoms with Gasteiger partial charge in [0.1, 0.15) is 0 Å². The monoisotopic (exact) mass is 162 g/mol. The Kier molecular flexibility index (Phi) is 3.48. The van der Waals surface area contributed by atoms with E-state index in [0.717, 1.165) is 5.56 Å². The van der Waals surface area contributed by atoms with Gasteiger partial charge in [0.2, 0.25) is 6.29 Å². The van der Waals surface area contributed by atoms with E-state index < -0.39 is 0 Å². The van der Waals surface area contributed by atoms with Gasteiger partial charge in [0.15, 0.2) is 0 Å². The first-order chi connectivity index (χ1) is 5.86. The van der Waals surface area contributed by atoms with Crippen LogP contribution in [0.5, 0.6) is 0 Å². The summed E-state index contributed by atoms with van der Waals surface area (Å²) < 4.78 is 0. The van der Waals surface area contributed by atoms with Crippen LogP contribution in [-0.4, -0.2) is 19.4 Å². The van der Waals surface area contributed by atoms with Crippen LogP contribution in [0.1, 0.15) is 5.56 Å². The molecule has 1 rings (SSSR count). The Balaban J connectivity index is 2.56. The standard InChI is InChI=1S/C10H12NO/c1-11-10(8-12)7-9-5-3-2-4-6-9/h2-6,10-11H,7H2,1H3/t10-/m1/s1. The molecule has 0 unspecified atom stereocenters. The van der Waals surface area contributed by atoms with Crippen molar-refractivity contribution in [3.63, 3.8) is 0 Å². The minimum absolute atomic E-state index is 0.188. The highest BCUT2D eigenvalue weighted by Gasteiger charge is 2.04. The summed E-state index contributed by atoms with van der Waals surface area (Å²) in [5.41, 5.74) is 1.15. The quantitative estimate of drug-likeness (QED) is 0.713. The Morgan fingerprint density at radius 2 is 2.08 bits per heavy atom. The molecule has 0 aliphatic carbocycles. The van der Waals surface area contributed by atoms with Gasteiger partial charge in [-0.15, -0.1) is 0 Å². The number of rotatable bonds is 4. The second kappa shape index (κ2) is 4.67. The van der Waals surface area contributed by atoms with Crippen LogP contribution >= 0.6 is 0 Å². The number of likely N-dealkylation sites (N-methyl/N-ethyl adjacent to an activating group) is 1. The molecule has 1 aromatic rings. The van der Waals surface area contributed by atoms with Gasteiger partial charge in [0, 0.05) is 0 Å². The average Bonchev–Trinajstić information content (AvgIpc) is 2.16. The van der Waals surface area contributed by atoms with Gasteiger partial charge in [-0.1, -0.05) is 30.3 Å². The second-order valence-corrected chi connectivity index (χ2v) is 2.65. The SMILES string of the molecule is CN[C@@H]([C]=O)Cc1ccccc1. The van der Waals surface area contributed by atoms with Crippen molar-refractivity contribution in [3.05, 3.63) is 35.9 Å². The molecule has 2 heteroatoms. The molecule has 0 aromatic heterocycles. The third kappa shape index (κ3) is 2.47. The van der Waals surface area contributed by atoms with Gasteiger partial charge in [-0.3, -0.25) is 4.79 Å².